The van der Waals surface area contributed by atoms with Crippen molar-refractivity contribution in [2.24, 2.45) is 0 Å². The first-order chi connectivity index (χ1) is 14.4. The minimum absolute atomic E-state index is 0.170. The second-order valence-corrected chi connectivity index (χ2v) is 8.27. The van der Waals surface area contributed by atoms with Gasteiger partial charge in [0, 0.05) is 13.1 Å². The predicted molar refractivity (Wildman–Crippen MR) is 118 cm³/mol. The summed E-state index contributed by atoms with van der Waals surface area (Å²) < 4.78 is 16.1. The van der Waals surface area contributed by atoms with Gasteiger partial charge in [-0.1, -0.05) is 29.5 Å². The Balaban J connectivity index is 1.72. The molecule has 4 aromatic rings. The molecule has 0 saturated heterocycles. The number of rotatable bonds is 6. The van der Waals surface area contributed by atoms with Gasteiger partial charge in [-0.05, 0) is 51.4 Å². The van der Waals surface area contributed by atoms with E-state index < -0.39 is 0 Å². The number of para-hydroxylation sites is 1. The number of hydrogen-bond acceptors (Lipinski definition) is 5. The van der Waals surface area contributed by atoms with Crippen molar-refractivity contribution in [1.29, 1.82) is 0 Å². The van der Waals surface area contributed by atoms with Gasteiger partial charge in [0.25, 0.3) is 5.91 Å². The van der Waals surface area contributed by atoms with Crippen LogP contribution in [0.15, 0.2) is 54.7 Å². The van der Waals surface area contributed by atoms with Crippen molar-refractivity contribution < 1.29 is 9.18 Å². The Hall–Kier alpha value is -3.10. The number of aromatic nitrogens is 3. The third-order valence-corrected chi connectivity index (χ3v) is 5.87. The first-order valence-corrected chi connectivity index (χ1v) is 10.4. The zero-order chi connectivity index (χ0) is 21.3. The summed E-state index contributed by atoms with van der Waals surface area (Å²) in [7, 11) is 3.91. The van der Waals surface area contributed by atoms with Crippen LogP contribution in [0.25, 0.3) is 15.9 Å². The zero-order valence-corrected chi connectivity index (χ0v) is 17.9. The Labute approximate surface area is 178 Å². The van der Waals surface area contributed by atoms with Gasteiger partial charge in [-0.3, -0.25) is 9.69 Å². The van der Waals surface area contributed by atoms with E-state index in [4.69, 9.17) is 0 Å². The fourth-order valence-corrected chi connectivity index (χ4v) is 4.20. The zero-order valence-electron chi connectivity index (χ0n) is 17.0. The maximum atomic E-state index is 13.6. The molecule has 0 bridgehead atoms. The second kappa shape index (κ2) is 8.33. The number of fused-ring (bicyclic) bond motifs is 1. The van der Waals surface area contributed by atoms with Crippen LogP contribution in [0.2, 0.25) is 0 Å². The molecule has 0 aliphatic heterocycles. The second-order valence-electron chi connectivity index (χ2n) is 7.26. The molecule has 4 rings (SSSR count). The number of halogens is 1. The van der Waals surface area contributed by atoms with Crippen LogP contribution in [0, 0.1) is 12.7 Å². The third-order valence-electron chi connectivity index (χ3n) is 4.83. The number of amides is 1. The number of benzene rings is 2. The summed E-state index contributed by atoms with van der Waals surface area (Å²) in [6.07, 6.45) is 1.60. The van der Waals surface area contributed by atoms with Crippen LogP contribution in [0.1, 0.15) is 16.1 Å². The highest BCUT2D eigenvalue weighted by Gasteiger charge is 2.25. The lowest BCUT2D eigenvalue weighted by atomic mass is 10.2. The summed E-state index contributed by atoms with van der Waals surface area (Å²) in [5, 5.41) is 4.98. The van der Waals surface area contributed by atoms with Crippen molar-refractivity contribution in [3.8, 4) is 5.69 Å². The molecule has 0 fully saturated rings. The van der Waals surface area contributed by atoms with E-state index in [1.54, 1.807) is 21.8 Å². The Morgan fingerprint density at radius 2 is 1.90 bits per heavy atom. The van der Waals surface area contributed by atoms with Crippen molar-refractivity contribution >= 4 is 32.6 Å². The fraction of sp³-hybridized carbons (Fsp3) is 0.227. The minimum atomic E-state index is -0.316. The Morgan fingerprint density at radius 1 is 1.13 bits per heavy atom. The van der Waals surface area contributed by atoms with Gasteiger partial charge in [0.05, 0.1) is 33.4 Å². The molecule has 8 heteroatoms. The number of carbonyl (C=O) groups is 1. The molecule has 0 N–H and O–H groups in total. The van der Waals surface area contributed by atoms with E-state index in [-0.39, 0.29) is 11.7 Å². The summed E-state index contributed by atoms with van der Waals surface area (Å²) in [5.41, 5.74) is 2.84. The van der Waals surface area contributed by atoms with Gasteiger partial charge in [-0.2, -0.15) is 5.10 Å². The van der Waals surface area contributed by atoms with E-state index in [9.17, 15) is 9.18 Å². The van der Waals surface area contributed by atoms with Gasteiger partial charge >= 0.3 is 0 Å². The van der Waals surface area contributed by atoms with Crippen LogP contribution in [-0.2, 0) is 0 Å². The molecule has 1 amide bonds. The number of anilines is 1. The van der Waals surface area contributed by atoms with Crippen LogP contribution >= 0.6 is 11.3 Å². The monoisotopic (exact) mass is 423 g/mol. The average Bonchev–Trinajstić information content (AvgIpc) is 3.31. The van der Waals surface area contributed by atoms with Gasteiger partial charge in [0.2, 0.25) is 0 Å². The number of nitrogens with zero attached hydrogens (tertiary/aromatic N) is 5. The molecule has 2 aromatic heterocycles. The summed E-state index contributed by atoms with van der Waals surface area (Å²) in [6.45, 7) is 3.01. The highest BCUT2D eigenvalue weighted by Crippen LogP contribution is 2.30. The molecule has 0 atom stereocenters. The molecule has 2 aromatic carbocycles. The van der Waals surface area contributed by atoms with Crippen molar-refractivity contribution in [3.63, 3.8) is 0 Å². The molecule has 30 heavy (non-hydrogen) atoms. The lowest BCUT2D eigenvalue weighted by molar-refractivity contribution is 0.0984. The van der Waals surface area contributed by atoms with Crippen LogP contribution in [0.3, 0.4) is 0 Å². The quantitative estimate of drug-likeness (QED) is 0.468. The molecular weight excluding hydrogens is 401 g/mol. The topological polar surface area (TPSA) is 54.3 Å². The highest BCUT2D eigenvalue weighted by atomic mass is 32.1. The van der Waals surface area contributed by atoms with E-state index in [0.717, 1.165) is 11.4 Å². The number of carbonyl (C=O) groups excluding carboxylic acids is 1. The van der Waals surface area contributed by atoms with Gasteiger partial charge < -0.3 is 4.90 Å². The molecule has 154 valence electrons. The van der Waals surface area contributed by atoms with Gasteiger partial charge in [-0.25, -0.2) is 14.1 Å². The van der Waals surface area contributed by atoms with E-state index >= 15 is 0 Å². The maximum Gasteiger partial charge on any atom is 0.263 e. The first-order valence-electron chi connectivity index (χ1n) is 9.57. The standard InChI is InChI=1S/C22H22FN5OS/c1-15-18(14-24-28(15)17-7-5-4-6-8-17)21(29)27(12-11-26(2)3)22-25-19-10-9-16(23)13-20(19)30-22/h4-10,13-14H,11-12H2,1-3H3. The van der Waals surface area contributed by atoms with Crippen LogP contribution in [-0.4, -0.2) is 52.8 Å². The van der Waals surface area contributed by atoms with Crippen molar-refractivity contribution in [3.05, 3.63) is 71.8 Å². The fourth-order valence-electron chi connectivity index (χ4n) is 3.18. The smallest absolute Gasteiger partial charge is 0.263 e. The highest BCUT2D eigenvalue weighted by molar-refractivity contribution is 7.22. The SMILES string of the molecule is Cc1c(C(=O)N(CCN(C)C)c2nc3ccc(F)cc3s2)cnn1-c1ccccc1. The molecule has 0 aliphatic carbocycles. The molecule has 2 heterocycles. The van der Waals surface area contributed by atoms with E-state index in [1.165, 1.54) is 23.5 Å². The largest absolute Gasteiger partial charge is 0.308 e. The van der Waals surface area contributed by atoms with Crippen LogP contribution < -0.4 is 4.90 Å². The van der Waals surface area contributed by atoms with Gasteiger partial charge in [-0.15, -0.1) is 0 Å². The molecule has 0 unspecified atom stereocenters. The normalized spacial score (nSPS) is 11.4. The van der Waals surface area contributed by atoms with Crippen molar-refractivity contribution in [1.82, 2.24) is 19.7 Å². The number of hydrogen-bond donors (Lipinski definition) is 0. The summed E-state index contributed by atoms with van der Waals surface area (Å²) >= 11 is 1.31. The number of thiazole rings is 1. The van der Waals surface area contributed by atoms with Crippen molar-refractivity contribution in [2.45, 2.75) is 6.92 Å². The van der Waals surface area contributed by atoms with Gasteiger partial charge in [0.1, 0.15) is 5.82 Å². The lowest BCUT2D eigenvalue weighted by Crippen LogP contribution is -2.37. The Kier molecular flexibility index (Phi) is 5.61. The molecule has 6 nitrogen and oxygen atoms in total. The summed E-state index contributed by atoms with van der Waals surface area (Å²) in [4.78, 5) is 21.8. The van der Waals surface area contributed by atoms with Crippen LogP contribution in [0.4, 0.5) is 9.52 Å². The van der Waals surface area contributed by atoms with E-state index in [1.807, 2.05) is 56.3 Å². The molecule has 0 aliphatic rings. The molecular formula is C22H22FN5OS. The van der Waals surface area contributed by atoms with Gasteiger partial charge in [0.15, 0.2) is 5.13 Å². The van der Waals surface area contributed by atoms with E-state index in [0.29, 0.717) is 34.0 Å². The molecule has 0 spiro atoms. The summed E-state index contributed by atoms with van der Waals surface area (Å²) in [5.74, 6) is -0.486. The number of likely N-dealkylation sites (N-methyl/N-ethyl adjacent to an activating group) is 1. The Bertz CT molecular complexity index is 1180. The van der Waals surface area contributed by atoms with Crippen molar-refractivity contribution in [2.75, 3.05) is 32.1 Å². The maximum absolute atomic E-state index is 13.6. The molecule has 0 saturated carbocycles. The van der Waals surface area contributed by atoms with Crippen LogP contribution in [0.5, 0.6) is 0 Å². The first kappa shape index (κ1) is 20.2. The summed E-state index contributed by atoms with van der Waals surface area (Å²) in [6, 6.07) is 14.2. The third kappa shape index (κ3) is 3.96. The minimum Gasteiger partial charge on any atom is -0.308 e. The predicted octanol–water partition coefficient (Wildman–Crippen LogP) is 4.14. The van der Waals surface area contributed by atoms with E-state index in [2.05, 4.69) is 10.1 Å². The average molecular weight is 424 g/mol. The Morgan fingerprint density at radius 3 is 2.63 bits per heavy atom. The lowest BCUT2D eigenvalue weighted by Gasteiger charge is -2.21. The molecule has 0 radical (unpaired) electrons.